The fourth-order valence-electron chi connectivity index (χ4n) is 5.05. The Morgan fingerprint density at radius 3 is 2.26 bits per heavy atom. The van der Waals surface area contributed by atoms with Crippen molar-refractivity contribution in [3.63, 3.8) is 0 Å². The molecule has 2 fully saturated rings. The lowest BCUT2D eigenvalue weighted by Crippen LogP contribution is -2.44. The van der Waals surface area contributed by atoms with Gasteiger partial charge < -0.3 is 15.3 Å². The van der Waals surface area contributed by atoms with Gasteiger partial charge in [0.25, 0.3) is 5.91 Å². The van der Waals surface area contributed by atoms with Crippen LogP contribution in [0.4, 0.5) is 13.2 Å². The summed E-state index contributed by atoms with van der Waals surface area (Å²) in [6.07, 6.45) is -0.671. The Balaban J connectivity index is 1.66. The maximum absolute atomic E-state index is 14.3. The maximum Gasteiger partial charge on any atom is 0.433 e. The van der Waals surface area contributed by atoms with E-state index in [1.807, 2.05) is 0 Å². The summed E-state index contributed by atoms with van der Waals surface area (Å²) in [6, 6.07) is -1.33. The topological polar surface area (TPSA) is 134 Å². The quantitative estimate of drug-likeness (QED) is 0.444. The molecule has 2 aromatic rings. The maximum atomic E-state index is 14.3. The lowest BCUT2D eigenvalue weighted by Gasteiger charge is -2.29. The lowest BCUT2D eigenvalue weighted by atomic mass is 9.86. The molecular weight excluding hydrogens is 566 g/mol. The highest BCUT2D eigenvalue weighted by Crippen LogP contribution is 2.39. The Labute approximate surface area is 230 Å². The van der Waals surface area contributed by atoms with E-state index in [9.17, 15) is 37.5 Å². The number of carboxylic acid groups (broad SMARTS) is 1. The summed E-state index contributed by atoms with van der Waals surface area (Å²) in [5.41, 5.74) is -2.17. The number of hydrogen-bond acceptors (Lipinski definition) is 6. The van der Waals surface area contributed by atoms with Crippen molar-refractivity contribution in [3.05, 3.63) is 45.5 Å². The van der Waals surface area contributed by atoms with Crippen molar-refractivity contribution >= 4 is 46.8 Å². The smallest absolute Gasteiger partial charge is 0.433 e. The molecular formula is C24H24Cl2F3N5O5. The highest BCUT2D eigenvalue weighted by molar-refractivity contribution is 6.39. The first-order valence-electron chi connectivity index (χ1n) is 12.1. The van der Waals surface area contributed by atoms with Gasteiger partial charge in [0.15, 0.2) is 11.5 Å². The van der Waals surface area contributed by atoms with Crippen LogP contribution in [0.25, 0.3) is 0 Å². The van der Waals surface area contributed by atoms with E-state index < -0.39 is 59.6 Å². The van der Waals surface area contributed by atoms with Crippen LogP contribution in [0.1, 0.15) is 71.0 Å². The van der Waals surface area contributed by atoms with E-state index in [0.717, 1.165) is 15.8 Å². The minimum absolute atomic E-state index is 0.0881. The number of carbonyl (C=O) groups is 4. The molecule has 210 valence electrons. The number of carbonyl (C=O) groups excluding carboxylic acids is 3. The average Bonchev–Trinajstić information content (AvgIpc) is 3.49. The lowest BCUT2D eigenvalue weighted by molar-refractivity contribution is -0.147. The van der Waals surface area contributed by atoms with Gasteiger partial charge in [0.1, 0.15) is 0 Å². The molecule has 0 radical (unpaired) electrons. The molecule has 0 unspecified atom stereocenters. The van der Waals surface area contributed by atoms with Gasteiger partial charge in [-0.1, -0.05) is 23.2 Å². The van der Waals surface area contributed by atoms with Gasteiger partial charge in [-0.3, -0.25) is 28.8 Å². The van der Waals surface area contributed by atoms with Crippen LogP contribution in [0.5, 0.6) is 0 Å². The summed E-state index contributed by atoms with van der Waals surface area (Å²) < 4.78 is 43.7. The van der Waals surface area contributed by atoms with Gasteiger partial charge in [0, 0.05) is 31.4 Å². The first-order valence-corrected chi connectivity index (χ1v) is 12.9. The number of amides is 2. The highest BCUT2D eigenvalue weighted by Gasteiger charge is 2.43. The van der Waals surface area contributed by atoms with E-state index in [1.54, 1.807) is 0 Å². The molecule has 1 atom stereocenters. The van der Waals surface area contributed by atoms with Crippen molar-refractivity contribution in [2.24, 2.45) is 5.92 Å². The van der Waals surface area contributed by atoms with Crippen LogP contribution in [-0.4, -0.2) is 67.5 Å². The number of aliphatic carboxylic acids is 1. The number of rotatable bonds is 8. The number of hydrogen-bond donors (Lipinski definition) is 2. The average molecular weight is 590 g/mol. The van der Waals surface area contributed by atoms with Crippen LogP contribution >= 0.6 is 23.2 Å². The number of nitrogens with one attached hydrogen (secondary N) is 1. The first kappa shape index (κ1) is 28.8. The third kappa shape index (κ3) is 6.35. The number of alkyl halides is 3. The SMILES string of the molecule is O=C1CC[C@@H](CN(CC(=O)c2c(Cl)cncc2Cl)C(=O)c2cnn(C3CCC(C(=O)O)CC3)c2C(F)(F)F)N1. The van der Waals surface area contributed by atoms with Crippen LogP contribution in [0.15, 0.2) is 18.6 Å². The van der Waals surface area contributed by atoms with E-state index >= 15 is 0 Å². The Kier molecular flexibility index (Phi) is 8.50. The van der Waals surface area contributed by atoms with Crippen molar-refractivity contribution < 1.29 is 37.5 Å². The molecule has 39 heavy (non-hydrogen) atoms. The zero-order valence-corrected chi connectivity index (χ0v) is 21.9. The number of ketones is 1. The van der Waals surface area contributed by atoms with E-state index in [4.69, 9.17) is 23.2 Å². The molecule has 0 bridgehead atoms. The van der Waals surface area contributed by atoms with Gasteiger partial charge in [-0.2, -0.15) is 18.3 Å². The van der Waals surface area contributed by atoms with Crippen molar-refractivity contribution in [1.29, 1.82) is 0 Å². The number of nitrogens with zero attached hydrogens (tertiary/aromatic N) is 4. The molecule has 2 amide bonds. The van der Waals surface area contributed by atoms with Crippen molar-refractivity contribution in [1.82, 2.24) is 25.0 Å². The second kappa shape index (κ2) is 11.5. The van der Waals surface area contributed by atoms with Gasteiger partial charge in [0.05, 0.1) is 45.9 Å². The summed E-state index contributed by atoms with van der Waals surface area (Å²) in [4.78, 5) is 54.4. The number of pyridine rings is 1. The van der Waals surface area contributed by atoms with Crippen LogP contribution in [0.2, 0.25) is 10.0 Å². The van der Waals surface area contributed by atoms with E-state index in [-0.39, 0.29) is 60.2 Å². The summed E-state index contributed by atoms with van der Waals surface area (Å²) in [5, 5.41) is 15.6. The number of aromatic nitrogens is 3. The Hall–Kier alpha value is -3.19. The molecule has 4 rings (SSSR count). The number of Topliss-reactive ketones (excluding diaryl/α,β-unsaturated/α-hetero) is 1. The van der Waals surface area contributed by atoms with E-state index in [0.29, 0.717) is 6.42 Å². The molecule has 1 aliphatic heterocycles. The zero-order chi connectivity index (χ0) is 28.5. The predicted octanol–water partition coefficient (Wildman–Crippen LogP) is 4.02. The minimum atomic E-state index is -4.97. The molecule has 0 aromatic carbocycles. The van der Waals surface area contributed by atoms with Gasteiger partial charge >= 0.3 is 12.1 Å². The number of halogens is 5. The van der Waals surface area contributed by atoms with E-state index in [2.05, 4.69) is 15.4 Å². The van der Waals surface area contributed by atoms with Gasteiger partial charge in [0.2, 0.25) is 5.91 Å². The standard InChI is InChI=1S/C24H24Cl2F3N5O5/c25-16-8-30-9-17(26)20(16)18(35)11-33(10-13-3-6-19(36)32-13)22(37)15-7-31-34(21(15)24(27,28)29)14-4-1-12(2-5-14)23(38)39/h7-9,12-14H,1-6,10-11H2,(H,32,36)(H,38,39)/t12?,13-,14?/m0/s1. The summed E-state index contributed by atoms with van der Waals surface area (Å²) in [6.45, 7) is -0.899. The van der Waals surface area contributed by atoms with Gasteiger partial charge in [-0.15, -0.1) is 0 Å². The van der Waals surface area contributed by atoms with Gasteiger partial charge in [-0.05, 0) is 32.1 Å². The molecule has 3 heterocycles. The monoisotopic (exact) mass is 589 g/mol. The summed E-state index contributed by atoms with van der Waals surface area (Å²) >= 11 is 12.1. The molecule has 2 N–H and O–H groups in total. The number of carboxylic acids is 1. The molecule has 0 spiro atoms. The molecule has 1 saturated heterocycles. The first-order chi connectivity index (χ1) is 18.4. The van der Waals surface area contributed by atoms with Crippen LogP contribution < -0.4 is 5.32 Å². The summed E-state index contributed by atoms with van der Waals surface area (Å²) in [5.74, 6) is -3.77. The van der Waals surface area contributed by atoms with Crippen LogP contribution in [0, 0.1) is 5.92 Å². The Bertz CT molecular complexity index is 1270. The van der Waals surface area contributed by atoms with Crippen molar-refractivity contribution in [2.75, 3.05) is 13.1 Å². The van der Waals surface area contributed by atoms with Crippen molar-refractivity contribution in [3.8, 4) is 0 Å². The minimum Gasteiger partial charge on any atom is -0.481 e. The predicted molar refractivity (Wildman–Crippen MR) is 132 cm³/mol. The second-order valence-corrected chi connectivity index (χ2v) is 10.4. The molecule has 1 saturated carbocycles. The van der Waals surface area contributed by atoms with Gasteiger partial charge in [-0.25, -0.2) is 0 Å². The molecule has 2 aromatic heterocycles. The molecule has 15 heteroatoms. The van der Waals surface area contributed by atoms with Crippen LogP contribution in [0.3, 0.4) is 0 Å². The fraction of sp³-hybridized carbons (Fsp3) is 0.500. The molecule has 1 aliphatic carbocycles. The third-order valence-electron chi connectivity index (χ3n) is 6.97. The molecule has 2 aliphatic rings. The zero-order valence-electron chi connectivity index (χ0n) is 20.4. The summed E-state index contributed by atoms with van der Waals surface area (Å²) in [7, 11) is 0. The van der Waals surface area contributed by atoms with E-state index in [1.165, 1.54) is 12.4 Å². The van der Waals surface area contributed by atoms with Crippen molar-refractivity contribution in [2.45, 2.75) is 56.8 Å². The third-order valence-corrected chi connectivity index (χ3v) is 7.54. The largest absolute Gasteiger partial charge is 0.481 e. The Morgan fingerprint density at radius 1 is 1.08 bits per heavy atom. The Morgan fingerprint density at radius 2 is 1.72 bits per heavy atom. The fourth-order valence-corrected chi connectivity index (χ4v) is 5.62. The van der Waals surface area contributed by atoms with Crippen LogP contribution in [-0.2, 0) is 15.8 Å². The second-order valence-electron chi connectivity index (χ2n) is 9.58. The molecule has 10 nitrogen and oxygen atoms in total. The highest BCUT2D eigenvalue weighted by atomic mass is 35.5. The normalized spacial score (nSPS) is 21.5.